The number of diazo groups is 1. The predicted molar refractivity (Wildman–Crippen MR) is 62.7 cm³/mol. The van der Waals surface area contributed by atoms with E-state index in [1.807, 2.05) is 0 Å². The first-order valence-electron chi connectivity index (χ1n) is 5.47. The third kappa shape index (κ3) is 1.67. The van der Waals surface area contributed by atoms with Crippen molar-refractivity contribution < 1.29 is 5.11 Å². The zero-order chi connectivity index (χ0) is 11.7. The molecule has 0 aromatic heterocycles. The minimum absolute atomic E-state index is 0.206. The maximum absolute atomic E-state index is 9.73. The van der Waals surface area contributed by atoms with Gasteiger partial charge >= 0.3 is 5.70 Å². The van der Waals surface area contributed by atoms with Gasteiger partial charge in [-0.15, -0.1) is 0 Å². The molecule has 3 heteroatoms. The van der Waals surface area contributed by atoms with Gasteiger partial charge in [-0.1, -0.05) is 12.1 Å². The molecular formula is C13H15N2O+. The second kappa shape index (κ2) is 3.97. The lowest BCUT2D eigenvalue weighted by Gasteiger charge is -2.11. The molecule has 0 saturated heterocycles. The van der Waals surface area contributed by atoms with E-state index in [1.54, 1.807) is 0 Å². The van der Waals surface area contributed by atoms with Crippen LogP contribution in [0.15, 0.2) is 23.6 Å². The maximum Gasteiger partial charge on any atom is 0.402 e. The van der Waals surface area contributed by atoms with Crippen LogP contribution in [0.2, 0.25) is 0 Å². The Hall–Kier alpha value is -1.82. The Labute approximate surface area is 95.0 Å². The van der Waals surface area contributed by atoms with Crippen molar-refractivity contribution >= 4 is 0 Å². The lowest BCUT2D eigenvalue weighted by molar-refractivity contribution is 0.383. The van der Waals surface area contributed by atoms with Gasteiger partial charge in [-0.25, -0.2) is 0 Å². The summed E-state index contributed by atoms with van der Waals surface area (Å²) in [6, 6.07) is 4.18. The van der Waals surface area contributed by atoms with Crippen LogP contribution in [0.5, 0.6) is 0 Å². The van der Waals surface area contributed by atoms with Crippen LogP contribution in [0.4, 0.5) is 0 Å². The monoisotopic (exact) mass is 215 g/mol. The molecule has 1 aromatic carbocycles. The zero-order valence-electron chi connectivity index (χ0n) is 9.62. The second-order valence-corrected chi connectivity index (χ2v) is 4.33. The lowest BCUT2D eigenvalue weighted by Crippen LogP contribution is -1.98. The molecule has 0 aliphatic heterocycles. The summed E-state index contributed by atoms with van der Waals surface area (Å²) in [5.41, 5.74) is 5.30. The number of fused-ring (bicyclic) bond motifs is 1. The number of aliphatic hydroxyl groups excluding tert-OH is 1. The molecule has 2 rings (SSSR count). The van der Waals surface area contributed by atoms with Crippen molar-refractivity contribution in [3.8, 4) is 0 Å². The van der Waals surface area contributed by atoms with E-state index < -0.39 is 0 Å². The van der Waals surface area contributed by atoms with Gasteiger partial charge in [-0.05, 0) is 42.5 Å². The first-order valence-corrected chi connectivity index (χ1v) is 5.47. The predicted octanol–water partition coefficient (Wildman–Crippen LogP) is 3.41. The van der Waals surface area contributed by atoms with E-state index in [9.17, 15) is 5.11 Å². The van der Waals surface area contributed by atoms with E-state index in [-0.39, 0.29) is 5.76 Å². The molecule has 82 valence electrons. The van der Waals surface area contributed by atoms with Gasteiger partial charge in [0.25, 0.3) is 0 Å². The van der Waals surface area contributed by atoms with Crippen LogP contribution in [0.25, 0.3) is 4.98 Å². The summed E-state index contributed by atoms with van der Waals surface area (Å²) in [4.78, 5) is 3.19. The minimum Gasteiger partial charge on any atom is -0.505 e. The lowest BCUT2D eigenvalue weighted by atomic mass is 9.93. The quantitative estimate of drug-likeness (QED) is 0.674. The van der Waals surface area contributed by atoms with Crippen LogP contribution in [0.1, 0.15) is 28.7 Å². The molecule has 1 aliphatic rings. The third-order valence-corrected chi connectivity index (χ3v) is 3.31. The Balaban J connectivity index is 2.56. The van der Waals surface area contributed by atoms with E-state index in [2.05, 4.69) is 31.0 Å². The molecule has 0 spiro atoms. The molecule has 0 saturated carbocycles. The highest BCUT2D eigenvalue weighted by Gasteiger charge is 2.26. The summed E-state index contributed by atoms with van der Waals surface area (Å²) in [5.74, 6) is 0.206. The Morgan fingerprint density at radius 1 is 1.12 bits per heavy atom. The molecule has 1 aromatic rings. The topological polar surface area (TPSA) is 48.4 Å². The molecule has 0 unspecified atom stereocenters. The SMILES string of the molecule is Cc1ccc(C)c2c1CCC(O)=C([N+]#N)C2. The van der Waals surface area contributed by atoms with Gasteiger partial charge in [0.15, 0.2) is 10.7 Å². The highest BCUT2D eigenvalue weighted by Crippen LogP contribution is 2.29. The van der Waals surface area contributed by atoms with Crippen LogP contribution in [-0.4, -0.2) is 5.11 Å². The fourth-order valence-electron chi connectivity index (χ4n) is 2.27. The fourth-order valence-corrected chi connectivity index (χ4v) is 2.27. The van der Waals surface area contributed by atoms with Crippen LogP contribution in [0, 0.1) is 19.2 Å². The number of rotatable bonds is 0. The summed E-state index contributed by atoms with van der Waals surface area (Å²) >= 11 is 0. The van der Waals surface area contributed by atoms with Gasteiger partial charge in [-0.3, -0.25) is 0 Å². The normalized spacial score (nSPS) is 15.3. The van der Waals surface area contributed by atoms with Crippen LogP contribution in [-0.2, 0) is 12.8 Å². The maximum atomic E-state index is 9.73. The molecular weight excluding hydrogens is 200 g/mol. The van der Waals surface area contributed by atoms with Crippen molar-refractivity contribution in [3.05, 3.63) is 50.8 Å². The molecule has 0 radical (unpaired) electrons. The molecule has 0 fully saturated rings. The van der Waals surface area contributed by atoms with E-state index in [4.69, 9.17) is 5.39 Å². The Morgan fingerprint density at radius 3 is 2.38 bits per heavy atom. The van der Waals surface area contributed by atoms with Crippen LogP contribution in [0.3, 0.4) is 0 Å². The standard InChI is InChI=1S/C13H14N2O/c1-8-3-4-9(2)11-7-12(15-14)13(16)6-5-10(8)11/h3-4H,5-7H2,1-2H3/p+1. The third-order valence-electron chi connectivity index (χ3n) is 3.31. The van der Waals surface area contributed by atoms with Gasteiger partial charge in [0.05, 0.1) is 6.42 Å². The number of hydrogen-bond donors (Lipinski definition) is 1. The molecule has 16 heavy (non-hydrogen) atoms. The number of benzene rings is 1. The summed E-state index contributed by atoms with van der Waals surface area (Å²) in [6.07, 6.45) is 1.88. The van der Waals surface area contributed by atoms with E-state index in [0.717, 1.165) is 6.42 Å². The largest absolute Gasteiger partial charge is 0.505 e. The average molecular weight is 215 g/mol. The van der Waals surface area contributed by atoms with Crippen molar-refractivity contribution in [3.63, 3.8) is 0 Å². The smallest absolute Gasteiger partial charge is 0.402 e. The Morgan fingerprint density at radius 2 is 1.75 bits per heavy atom. The van der Waals surface area contributed by atoms with Crippen molar-refractivity contribution in [1.29, 1.82) is 5.39 Å². The van der Waals surface area contributed by atoms with Gasteiger partial charge in [0.2, 0.25) is 5.39 Å². The van der Waals surface area contributed by atoms with E-state index in [0.29, 0.717) is 18.5 Å². The number of aliphatic hydroxyl groups is 1. The molecule has 0 amide bonds. The van der Waals surface area contributed by atoms with Gasteiger partial charge in [0.1, 0.15) is 0 Å². The summed E-state index contributed by atoms with van der Waals surface area (Å²) in [7, 11) is 0. The zero-order valence-corrected chi connectivity index (χ0v) is 9.62. The van der Waals surface area contributed by atoms with E-state index in [1.165, 1.54) is 22.3 Å². The average Bonchev–Trinajstić information content (AvgIpc) is 2.44. The highest BCUT2D eigenvalue weighted by molar-refractivity contribution is 5.45. The summed E-state index contributed by atoms with van der Waals surface area (Å²) in [5, 5.41) is 18.6. The Bertz CT molecular complexity index is 509. The molecule has 1 aliphatic carbocycles. The first kappa shape index (κ1) is 10.7. The second-order valence-electron chi connectivity index (χ2n) is 4.33. The van der Waals surface area contributed by atoms with Crippen molar-refractivity contribution in [2.75, 3.05) is 0 Å². The number of hydrogen-bond acceptors (Lipinski definition) is 2. The Kier molecular flexibility index (Phi) is 2.66. The van der Waals surface area contributed by atoms with Crippen molar-refractivity contribution in [1.82, 2.24) is 0 Å². The summed E-state index contributed by atoms with van der Waals surface area (Å²) < 4.78 is 0. The van der Waals surface area contributed by atoms with Gasteiger partial charge in [-0.2, -0.15) is 0 Å². The number of allylic oxidation sites excluding steroid dienone is 2. The van der Waals surface area contributed by atoms with Gasteiger partial charge in [0, 0.05) is 6.42 Å². The number of aryl methyl sites for hydroxylation is 2. The summed E-state index contributed by atoms with van der Waals surface area (Å²) in [6.45, 7) is 4.13. The molecule has 0 heterocycles. The van der Waals surface area contributed by atoms with Crippen LogP contribution >= 0.6 is 0 Å². The fraction of sp³-hybridized carbons (Fsp3) is 0.385. The molecule has 0 bridgehead atoms. The molecule has 3 nitrogen and oxygen atoms in total. The van der Waals surface area contributed by atoms with Crippen molar-refractivity contribution in [2.24, 2.45) is 0 Å². The molecule has 0 atom stereocenters. The van der Waals surface area contributed by atoms with Crippen LogP contribution < -0.4 is 0 Å². The van der Waals surface area contributed by atoms with E-state index >= 15 is 0 Å². The minimum atomic E-state index is 0.206. The van der Waals surface area contributed by atoms with Crippen molar-refractivity contribution in [2.45, 2.75) is 33.1 Å². The first-order chi connectivity index (χ1) is 7.63. The number of nitrogens with zero attached hydrogens (tertiary/aromatic N) is 2. The highest BCUT2D eigenvalue weighted by atomic mass is 16.3. The molecule has 1 N–H and O–H groups in total. The van der Waals surface area contributed by atoms with Gasteiger partial charge < -0.3 is 5.11 Å².